The van der Waals surface area contributed by atoms with Crippen LogP contribution in [0.25, 0.3) is 10.8 Å². The zero-order chi connectivity index (χ0) is 17.9. The number of carbonyl (C=O) groups excluding carboxylic acids is 1. The van der Waals surface area contributed by atoms with Gasteiger partial charge in [-0.25, -0.2) is 4.68 Å². The number of nitrogens with zero attached hydrogens (tertiary/aromatic N) is 2. The smallest absolute Gasteiger partial charge is 0.274 e. The summed E-state index contributed by atoms with van der Waals surface area (Å²) in [6, 6.07) is 7.82. The predicted molar refractivity (Wildman–Crippen MR) is 102 cm³/mol. The molecule has 2 saturated carbocycles. The molecule has 1 aromatic carbocycles. The molecule has 0 atom stereocenters. The van der Waals surface area contributed by atoms with E-state index in [1.165, 1.54) is 6.42 Å². The maximum absolute atomic E-state index is 12.9. The maximum atomic E-state index is 12.9. The van der Waals surface area contributed by atoms with Gasteiger partial charge in [0.25, 0.3) is 5.56 Å². The van der Waals surface area contributed by atoms with Gasteiger partial charge < -0.3 is 5.32 Å². The number of rotatable bonds is 4. The zero-order valence-electron chi connectivity index (χ0n) is 15.2. The fourth-order valence-corrected chi connectivity index (χ4v) is 4.48. The van der Waals surface area contributed by atoms with Crippen LogP contribution in [0.3, 0.4) is 0 Å². The van der Waals surface area contributed by atoms with Crippen molar-refractivity contribution in [2.75, 3.05) is 0 Å². The molecule has 1 aromatic heterocycles. The first-order valence-electron chi connectivity index (χ1n) is 10.0. The van der Waals surface area contributed by atoms with Crippen LogP contribution in [0, 0.1) is 5.92 Å². The summed E-state index contributed by atoms with van der Waals surface area (Å²) < 4.78 is 1.68. The average molecular weight is 353 g/mol. The molecule has 0 bridgehead atoms. The summed E-state index contributed by atoms with van der Waals surface area (Å²) in [6.45, 7) is 0.392. The highest BCUT2D eigenvalue weighted by molar-refractivity contribution is 5.84. The predicted octanol–water partition coefficient (Wildman–Crippen LogP) is 3.71. The van der Waals surface area contributed by atoms with Crippen molar-refractivity contribution >= 4 is 16.7 Å². The minimum absolute atomic E-state index is 0.00476. The Bertz CT molecular complexity index is 846. The average Bonchev–Trinajstić information content (AvgIpc) is 3.22. The SMILES string of the molecule is O=C(NCc1nn(C2CCCC2)c(=O)c2ccccc12)C1CCCCC1. The fourth-order valence-electron chi connectivity index (χ4n) is 4.48. The Hall–Kier alpha value is -2.17. The lowest BCUT2D eigenvalue weighted by Crippen LogP contribution is -2.33. The molecular weight excluding hydrogens is 326 g/mol. The number of hydrogen-bond donors (Lipinski definition) is 1. The van der Waals surface area contributed by atoms with E-state index in [9.17, 15) is 9.59 Å². The van der Waals surface area contributed by atoms with Gasteiger partial charge >= 0.3 is 0 Å². The van der Waals surface area contributed by atoms with E-state index in [0.717, 1.165) is 62.4 Å². The molecule has 4 rings (SSSR count). The standard InChI is InChI=1S/C21H27N3O2/c25-20(15-8-2-1-3-9-15)22-14-19-17-12-6-7-13-18(17)21(26)24(23-19)16-10-4-5-11-16/h6-7,12-13,15-16H,1-5,8-11,14H2,(H,22,25). The summed E-state index contributed by atoms with van der Waals surface area (Å²) in [7, 11) is 0. The highest BCUT2D eigenvalue weighted by atomic mass is 16.2. The molecule has 5 nitrogen and oxygen atoms in total. The third kappa shape index (κ3) is 3.39. The molecule has 2 fully saturated rings. The first kappa shape index (κ1) is 17.3. The second kappa shape index (κ2) is 7.60. The van der Waals surface area contributed by atoms with E-state index in [0.29, 0.717) is 11.9 Å². The summed E-state index contributed by atoms with van der Waals surface area (Å²) in [5.41, 5.74) is 0.797. The van der Waals surface area contributed by atoms with Crippen LogP contribution < -0.4 is 10.9 Å². The van der Waals surface area contributed by atoms with Crippen LogP contribution >= 0.6 is 0 Å². The van der Waals surface area contributed by atoms with Crippen molar-refractivity contribution in [2.45, 2.75) is 70.4 Å². The molecule has 5 heteroatoms. The van der Waals surface area contributed by atoms with Crippen LogP contribution in [-0.4, -0.2) is 15.7 Å². The zero-order valence-corrected chi connectivity index (χ0v) is 15.2. The number of nitrogens with one attached hydrogen (secondary N) is 1. The van der Waals surface area contributed by atoms with E-state index in [4.69, 9.17) is 0 Å². The second-order valence-electron chi connectivity index (χ2n) is 7.73. The number of amides is 1. The van der Waals surface area contributed by atoms with Gasteiger partial charge in [0.2, 0.25) is 5.91 Å². The van der Waals surface area contributed by atoms with Crippen molar-refractivity contribution in [1.29, 1.82) is 0 Å². The molecule has 0 aliphatic heterocycles. The van der Waals surface area contributed by atoms with E-state index >= 15 is 0 Å². The summed E-state index contributed by atoms with van der Waals surface area (Å²) in [5.74, 6) is 0.268. The monoisotopic (exact) mass is 353 g/mol. The Balaban J connectivity index is 1.62. The fraction of sp³-hybridized carbons (Fsp3) is 0.571. The third-order valence-corrected chi connectivity index (χ3v) is 5.98. The van der Waals surface area contributed by atoms with Gasteiger partial charge in [0.05, 0.1) is 23.7 Å². The third-order valence-electron chi connectivity index (χ3n) is 5.98. The molecule has 1 heterocycles. The van der Waals surface area contributed by atoms with Crippen molar-refractivity contribution in [3.63, 3.8) is 0 Å². The molecule has 1 amide bonds. The largest absolute Gasteiger partial charge is 0.350 e. The highest BCUT2D eigenvalue weighted by Crippen LogP contribution is 2.28. The van der Waals surface area contributed by atoms with Gasteiger partial charge in [0.1, 0.15) is 0 Å². The van der Waals surface area contributed by atoms with E-state index in [-0.39, 0.29) is 23.4 Å². The summed E-state index contributed by atoms with van der Waals surface area (Å²) in [6.07, 6.45) is 9.83. The van der Waals surface area contributed by atoms with E-state index in [2.05, 4.69) is 10.4 Å². The molecule has 0 spiro atoms. The van der Waals surface area contributed by atoms with Gasteiger partial charge in [0, 0.05) is 11.3 Å². The summed E-state index contributed by atoms with van der Waals surface area (Å²) in [5, 5.41) is 9.33. The molecule has 2 aliphatic rings. The normalized spacial score (nSPS) is 19.1. The van der Waals surface area contributed by atoms with Crippen molar-refractivity contribution in [2.24, 2.45) is 5.92 Å². The van der Waals surface area contributed by atoms with Crippen LogP contribution in [0.1, 0.15) is 69.5 Å². The summed E-state index contributed by atoms with van der Waals surface area (Å²) in [4.78, 5) is 25.4. The molecular formula is C21H27N3O2. The highest BCUT2D eigenvalue weighted by Gasteiger charge is 2.23. The molecule has 0 saturated heterocycles. The number of carbonyl (C=O) groups is 1. The second-order valence-corrected chi connectivity index (χ2v) is 7.73. The quantitative estimate of drug-likeness (QED) is 0.911. The Morgan fingerprint density at radius 1 is 1.00 bits per heavy atom. The number of fused-ring (bicyclic) bond motifs is 1. The van der Waals surface area contributed by atoms with Gasteiger partial charge in [0.15, 0.2) is 0 Å². The molecule has 1 N–H and O–H groups in total. The van der Waals surface area contributed by atoms with E-state index < -0.39 is 0 Å². The topological polar surface area (TPSA) is 64.0 Å². The van der Waals surface area contributed by atoms with Crippen LogP contribution in [0.4, 0.5) is 0 Å². The lowest BCUT2D eigenvalue weighted by Gasteiger charge is -2.21. The van der Waals surface area contributed by atoms with Crippen LogP contribution in [-0.2, 0) is 11.3 Å². The van der Waals surface area contributed by atoms with Crippen molar-refractivity contribution < 1.29 is 4.79 Å². The van der Waals surface area contributed by atoms with Gasteiger partial charge in [-0.15, -0.1) is 0 Å². The van der Waals surface area contributed by atoms with Gasteiger partial charge in [-0.3, -0.25) is 9.59 Å². The Morgan fingerprint density at radius 2 is 1.65 bits per heavy atom. The number of aromatic nitrogens is 2. The van der Waals surface area contributed by atoms with Crippen molar-refractivity contribution in [3.05, 3.63) is 40.3 Å². The summed E-state index contributed by atoms with van der Waals surface area (Å²) >= 11 is 0. The molecule has 2 aliphatic carbocycles. The maximum Gasteiger partial charge on any atom is 0.274 e. The minimum atomic E-state index is -0.00476. The van der Waals surface area contributed by atoms with Crippen LogP contribution in [0.5, 0.6) is 0 Å². The minimum Gasteiger partial charge on any atom is -0.350 e. The van der Waals surface area contributed by atoms with Crippen molar-refractivity contribution in [1.82, 2.24) is 15.1 Å². The van der Waals surface area contributed by atoms with Crippen LogP contribution in [0.15, 0.2) is 29.1 Å². The first-order chi connectivity index (χ1) is 12.7. The first-order valence-corrected chi connectivity index (χ1v) is 10.0. The molecule has 2 aromatic rings. The molecule has 0 unspecified atom stereocenters. The van der Waals surface area contributed by atoms with E-state index in [1.807, 2.05) is 24.3 Å². The van der Waals surface area contributed by atoms with Crippen molar-refractivity contribution in [3.8, 4) is 0 Å². The lowest BCUT2D eigenvalue weighted by molar-refractivity contribution is -0.126. The Morgan fingerprint density at radius 3 is 2.38 bits per heavy atom. The number of hydrogen-bond acceptors (Lipinski definition) is 3. The van der Waals surface area contributed by atoms with Crippen LogP contribution in [0.2, 0.25) is 0 Å². The Kier molecular flexibility index (Phi) is 5.05. The number of benzene rings is 1. The molecule has 0 radical (unpaired) electrons. The Labute approximate surface area is 153 Å². The van der Waals surface area contributed by atoms with Gasteiger partial charge in [-0.1, -0.05) is 50.3 Å². The lowest BCUT2D eigenvalue weighted by atomic mass is 9.88. The van der Waals surface area contributed by atoms with Gasteiger partial charge in [-0.2, -0.15) is 5.10 Å². The van der Waals surface area contributed by atoms with E-state index in [1.54, 1.807) is 4.68 Å². The molecule has 26 heavy (non-hydrogen) atoms. The molecule has 138 valence electrons. The van der Waals surface area contributed by atoms with Gasteiger partial charge in [-0.05, 0) is 31.7 Å².